The number of carbonyl (C=O) groups is 5. The van der Waals surface area contributed by atoms with Crippen molar-refractivity contribution in [3.05, 3.63) is 0 Å². The quantitative estimate of drug-likeness (QED) is 0.281. The molecule has 1 aliphatic rings. The molecule has 1 fully saturated rings. The van der Waals surface area contributed by atoms with Crippen molar-refractivity contribution < 1.29 is 57.1 Å². The molecule has 1 heterocycles. The molecule has 1 rings (SSSR count). The van der Waals surface area contributed by atoms with Crippen LogP contribution in [0, 0.1) is 0 Å². The first kappa shape index (κ1) is 27.1. The lowest BCUT2D eigenvalue weighted by Gasteiger charge is -2.44. The number of carbonyl (C=O) groups excluding carboxylic acids is 5. The predicted octanol–water partition coefficient (Wildman–Crippen LogP) is 0.178. The van der Waals surface area contributed by atoms with Gasteiger partial charge in [0.15, 0.2) is 18.3 Å². The minimum absolute atomic E-state index is 0.123. The van der Waals surface area contributed by atoms with Gasteiger partial charge in [-0.25, -0.2) is 4.79 Å². The summed E-state index contributed by atoms with van der Waals surface area (Å²) in [6.07, 6.45) is -8.39. The van der Waals surface area contributed by atoms with Crippen molar-refractivity contribution in [2.45, 2.75) is 78.5 Å². The van der Waals surface area contributed by atoms with Gasteiger partial charge in [0.05, 0.1) is 6.61 Å². The fourth-order valence-electron chi connectivity index (χ4n) is 2.87. The third-order valence-corrected chi connectivity index (χ3v) is 3.88. The molecular formula is C19H29NO12. The Kier molecular flexibility index (Phi) is 10.9. The number of amides is 1. The molecular weight excluding hydrogens is 434 g/mol. The van der Waals surface area contributed by atoms with E-state index < -0.39 is 73.5 Å². The first-order valence-electron chi connectivity index (χ1n) is 9.83. The summed E-state index contributed by atoms with van der Waals surface area (Å²) < 4.78 is 36.9. The molecule has 0 bridgehead atoms. The van der Waals surface area contributed by atoms with E-state index in [-0.39, 0.29) is 6.61 Å². The number of esters is 4. The minimum Gasteiger partial charge on any atom is -0.463 e. The highest BCUT2D eigenvalue weighted by atomic mass is 16.7. The Balaban J connectivity index is 3.26. The zero-order chi connectivity index (χ0) is 24.4. The van der Waals surface area contributed by atoms with Gasteiger partial charge in [0.25, 0.3) is 0 Å². The number of hydrogen-bond donors (Lipinski definition) is 1. The van der Waals surface area contributed by atoms with Crippen LogP contribution < -0.4 is 5.32 Å². The summed E-state index contributed by atoms with van der Waals surface area (Å²) in [4.78, 5) is 58.1. The highest BCUT2D eigenvalue weighted by Crippen LogP contribution is 2.30. The van der Waals surface area contributed by atoms with Crippen LogP contribution in [0.3, 0.4) is 0 Å². The Morgan fingerprint density at radius 1 is 0.812 bits per heavy atom. The van der Waals surface area contributed by atoms with Crippen LogP contribution in [-0.2, 0) is 52.3 Å². The minimum atomic E-state index is -1.41. The lowest BCUT2D eigenvalue weighted by molar-refractivity contribution is -0.317. The topological polar surface area (TPSA) is 162 Å². The van der Waals surface area contributed by atoms with Gasteiger partial charge in [-0.05, 0) is 13.8 Å². The van der Waals surface area contributed by atoms with Crippen molar-refractivity contribution in [2.24, 2.45) is 0 Å². The molecule has 6 atom stereocenters. The highest BCUT2D eigenvalue weighted by molar-refractivity contribution is 5.69. The summed E-state index contributed by atoms with van der Waals surface area (Å²) >= 11 is 0. The fourth-order valence-corrected chi connectivity index (χ4v) is 2.87. The molecule has 0 spiro atoms. The van der Waals surface area contributed by atoms with E-state index in [4.69, 9.17) is 33.2 Å². The van der Waals surface area contributed by atoms with Crippen molar-refractivity contribution >= 4 is 30.0 Å². The fraction of sp³-hybridized carbons (Fsp3) is 0.737. The molecule has 0 aliphatic carbocycles. The number of rotatable bonds is 9. The number of nitrogens with one attached hydrogen (secondary N) is 1. The Hall–Kier alpha value is -2.93. The standard InChI is InChI=1S/C19H29NO12/c1-7-26-19(25)20-9(2)28-18-17(31-13(6)24)16(30-12(5)23)15(29-11(4)22)14(32-18)8-27-10(3)21/h9,14-18H,7-8H2,1-6H3,(H,20,25)/t9?,14-,15-,16+,17-,18-/m1/s1. The molecule has 1 saturated heterocycles. The van der Waals surface area contributed by atoms with E-state index in [2.05, 4.69) is 5.32 Å². The first-order chi connectivity index (χ1) is 14.9. The number of hydrogen-bond acceptors (Lipinski definition) is 12. The summed E-state index contributed by atoms with van der Waals surface area (Å²) in [7, 11) is 0. The van der Waals surface area contributed by atoms with Gasteiger partial charge < -0.3 is 33.2 Å². The lowest BCUT2D eigenvalue weighted by Crippen LogP contribution is -2.63. The van der Waals surface area contributed by atoms with Crippen LogP contribution in [-0.4, -0.2) is 80.1 Å². The van der Waals surface area contributed by atoms with Crippen molar-refractivity contribution in [3.8, 4) is 0 Å². The summed E-state index contributed by atoms with van der Waals surface area (Å²) in [6, 6.07) is 0. The molecule has 1 unspecified atom stereocenters. The molecule has 1 N–H and O–H groups in total. The molecule has 32 heavy (non-hydrogen) atoms. The normalized spacial score (nSPS) is 25.6. The van der Waals surface area contributed by atoms with Crippen LogP contribution >= 0.6 is 0 Å². The molecule has 1 amide bonds. The largest absolute Gasteiger partial charge is 0.463 e. The van der Waals surface area contributed by atoms with Gasteiger partial charge >= 0.3 is 30.0 Å². The van der Waals surface area contributed by atoms with Crippen molar-refractivity contribution in [2.75, 3.05) is 13.2 Å². The average Bonchev–Trinajstić information content (AvgIpc) is 2.63. The second kappa shape index (κ2) is 12.8. The average molecular weight is 463 g/mol. The predicted molar refractivity (Wildman–Crippen MR) is 103 cm³/mol. The van der Waals surface area contributed by atoms with Gasteiger partial charge in [0, 0.05) is 27.7 Å². The molecule has 0 radical (unpaired) electrons. The monoisotopic (exact) mass is 463 g/mol. The SMILES string of the molecule is CCOC(=O)NC(C)O[C@@H]1O[C@H](COC(C)=O)[C@@H](OC(C)=O)[C@H](OC(C)=O)[C@H]1OC(C)=O. The maximum atomic E-state index is 11.7. The lowest BCUT2D eigenvalue weighted by atomic mass is 9.98. The second-order valence-electron chi connectivity index (χ2n) is 6.71. The Morgan fingerprint density at radius 3 is 1.84 bits per heavy atom. The van der Waals surface area contributed by atoms with E-state index in [1.54, 1.807) is 6.92 Å². The molecule has 0 saturated carbocycles. The molecule has 1 aliphatic heterocycles. The summed E-state index contributed by atoms with van der Waals surface area (Å²) in [5.74, 6) is -2.93. The van der Waals surface area contributed by atoms with Gasteiger partial charge in [0.2, 0.25) is 6.29 Å². The van der Waals surface area contributed by atoms with Crippen LogP contribution in [0.4, 0.5) is 4.79 Å². The molecule has 182 valence electrons. The maximum Gasteiger partial charge on any atom is 0.409 e. The smallest absolute Gasteiger partial charge is 0.409 e. The Morgan fingerprint density at radius 2 is 1.34 bits per heavy atom. The maximum absolute atomic E-state index is 11.7. The van der Waals surface area contributed by atoms with Gasteiger partial charge in [0.1, 0.15) is 18.9 Å². The van der Waals surface area contributed by atoms with Gasteiger partial charge in [-0.15, -0.1) is 0 Å². The Labute approximate surface area is 184 Å². The summed E-state index contributed by atoms with van der Waals surface area (Å²) in [5, 5.41) is 2.38. The van der Waals surface area contributed by atoms with Crippen molar-refractivity contribution in [3.63, 3.8) is 0 Å². The first-order valence-corrected chi connectivity index (χ1v) is 9.83. The van der Waals surface area contributed by atoms with Crippen molar-refractivity contribution in [1.82, 2.24) is 5.32 Å². The van der Waals surface area contributed by atoms with Crippen molar-refractivity contribution in [1.29, 1.82) is 0 Å². The van der Waals surface area contributed by atoms with E-state index in [1.807, 2.05) is 0 Å². The van der Waals surface area contributed by atoms with Gasteiger partial charge in [-0.3, -0.25) is 24.5 Å². The highest BCUT2D eigenvalue weighted by Gasteiger charge is 2.53. The summed E-state index contributed by atoms with van der Waals surface area (Å²) in [5.41, 5.74) is 0. The second-order valence-corrected chi connectivity index (χ2v) is 6.71. The Bertz CT molecular complexity index is 696. The van der Waals surface area contributed by atoms with E-state index in [1.165, 1.54) is 6.92 Å². The molecule has 13 nitrogen and oxygen atoms in total. The summed E-state index contributed by atoms with van der Waals surface area (Å²) in [6.45, 7) is 7.28. The van der Waals surface area contributed by atoms with Gasteiger partial charge in [-0.1, -0.05) is 0 Å². The van der Waals surface area contributed by atoms with E-state index in [9.17, 15) is 24.0 Å². The van der Waals surface area contributed by atoms with E-state index >= 15 is 0 Å². The molecule has 0 aromatic carbocycles. The van der Waals surface area contributed by atoms with Crippen LogP contribution in [0.2, 0.25) is 0 Å². The van der Waals surface area contributed by atoms with Gasteiger partial charge in [-0.2, -0.15) is 0 Å². The molecule has 0 aromatic heterocycles. The van der Waals surface area contributed by atoms with Crippen LogP contribution in [0.15, 0.2) is 0 Å². The van der Waals surface area contributed by atoms with E-state index in [0.717, 1.165) is 27.7 Å². The van der Waals surface area contributed by atoms with E-state index in [0.29, 0.717) is 0 Å². The van der Waals surface area contributed by atoms with Crippen LogP contribution in [0.5, 0.6) is 0 Å². The third-order valence-electron chi connectivity index (χ3n) is 3.88. The number of alkyl carbamates (subject to hydrolysis) is 1. The third kappa shape index (κ3) is 9.06. The number of ether oxygens (including phenoxy) is 7. The molecule has 0 aromatic rings. The zero-order valence-electron chi connectivity index (χ0n) is 18.8. The van der Waals surface area contributed by atoms with Crippen LogP contribution in [0.25, 0.3) is 0 Å². The molecule has 13 heteroatoms. The zero-order valence-corrected chi connectivity index (χ0v) is 18.8. The van der Waals surface area contributed by atoms with Crippen LogP contribution in [0.1, 0.15) is 41.5 Å².